The highest BCUT2D eigenvalue weighted by atomic mass is 16.5. The predicted molar refractivity (Wildman–Crippen MR) is 59.5 cm³/mol. The smallest absolute Gasteiger partial charge is 0.0893 e. The van der Waals surface area contributed by atoms with E-state index in [4.69, 9.17) is 10.5 Å². The van der Waals surface area contributed by atoms with Crippen molar-refractivity contribution in [3.63, 3.8) is 0 Å². The molecule has 1 rings (SSSR count). The van der Waals surface area contributed by atoms with Gasteiger partial charge in [0.15, 0.2) is 0 Å². The summed E-state index contributed by atoms with van der Waals surface area (Å²) in [5, 5.41) is 10.0. The summed E-state index contributed by atoms with van der Waals surface area (Å²) in [6, 6.07) is 1.73. The maximum atomic E-state index is 10.0. The quantitative estimate of drug-likeness (QED) is 0.760. The Morgan fingerprint density at radius 1 is 1.60 bits per heavy atom. The van der Waals surface area contributed by atoms with E-state index >= 15 is 0 Å². The SMILES string of the molecule is CCOCC(C)(O)Cc1cnccc1N. The predicted octanol–water partition coefficient (Wildman–Crippen LogP) is 0.994. The molecule has 1 unspecified atom stereocenters. The summed E-state index contributed by atoms with van der Waals surface area (Å²) in [7, 11) is 0. The van der Waals surface area contributed by atoms with Gasteiger partial charge in [-0.2, -0.15) is 0 Å². The van der Waals surface area contributed by atoms with Crippen LogP contribution in [0.4, 0.5) is 5.69 Å². The van der Waals surface area contributed by atoms with Crippen molar-refractivity contribution in [2.45, 2.75) is 25.9 Å². The first-order valence-corrected chi connectivity index (χ1v) is 5.03. The highest BCUT2D eigenvalue weighted by Crippen LogP contribution is 2.17. The average Bonchev–Trinajstić information content (AvgIpc) is 2.18. The highest BCUT2D eigenvalue weighted by molar-refractivity contribution is 5.44. The number of anilines is 1. The second-order valence-electron chi connectivity index (χ2n) is 3.89. The summed E-state index contributed by atoms with van der Waals surface area (Å²) in [5.74, 6) is 0. The van der Waals surface area contributed by atoms with E-state index in [0.29, 0.717) is 25.3 Å². The average molecular weight is 210 g/mol. The Morgan fingerprint density at radius 2 is 2.33 bits per heavy atom. The lowest BCUT2D eigenvalue weighted by molar-refractivity contribution is -0.0296. The van der Waals surface area contributed by atoms with E-state index in [1.807, 2.05) is 6.92 Å². The van der Waals surface area contributed by atoms with Gasteiger partial charge in [0, 0.05) is 31.1 Å². The van der Waals surface area contributed by atoms with Crippen molar-refractivity contribution in [3.8, 4) is 0 Å². The van der Waals surface area contributed by atoms with Crippen LogP contribution in [0.5, 0.6) is 0 Å². The van der Waals surface area contributed by atoms with Gasteiger partial charge in [-0.25, -0.2) is 0 Å². The van der Waals surface area contributed by atoms with Gasteiger partial charge in [0.25, 0.3) is 0 Å². The van der Waals surface area contributed by atoms with E-state index in [9.17, 15) is 5.11 Å². The zero-order chi connectivity index (χ0) is 11.3. The van der Waals surface area contributed by atoms with Crippen LogP contribution in [-0.4, -0.2) is 28.9 Å². The molecule has 1 aromatic rings. The van der Waals surface area contributed by atoms with Gasteiger partial charge >= 0.3 is 0 Å². The summed E-state index contributed by atoms with van der Waals surface area (Å²) in [5.41, 5.74) is 6.37. The lowest BCUT2D eigenvalue weighted by Gasteiger charge is -2.23. The lowest BCUT2D eigenvalue weighted by atomic mass is 9.98. The molecular formula is C11H18N2O2. The topological polar surface area (TPSA) is 68.4 Å². The number of hydrogen-bond acceptors (Lipinski definition) is 4. The Labute approximate surface area is 90.1 Å². The molecule has 1 aromatic heterocycles. The highest BCUT2D eigenvalue weighted by Gasteiger charge is 2.22. The van der Waals surface area contributed by atoms with Crippen molar-refractivity contribution < 1.29 is 9.84 Å². The zero-order valence-corrected chi connectivity index (χ0v) is 9.23. The van der Waals surface area contributed by atoms with Crippen molar-refractivity contribution in [1.29, 1.82) is 0 Å². The Kier molecular flexibility index (Phi) is 4.05. The van der Waals surface area contributed by atoms with Crippen molar-refractivity contribution in [1.82, 2.24) is 4.98 Å². The molecule has 84 valence electrons. The first-order chi connectivity index (χ1) is 7.05. The van der Waals surface area contributed by atoms with Crippen LogP contribution < -0.4 is 5.73 Å². The first-order valence-electron chi connectivity index (χ1n) is 5.03. The van der Waals surface area contributed by atoms with E-state index in [1.165, 1.54) is 0 Å². The molecular weight excluding hydrogens is 192 g/mol. The van der Waals surface area contributed by atoms with E-state index in [-0.39, 0.29) is 0 Å². The van der Waals surface area contributed by atoms with E-state index in [1.54, 1.807) is 25.4 Å². The van der Waals surface area contributed by atoms with Gasteiger partial charge in [-0.05, 0) is 25.5 Å². The van der Waals surface area contributed by atoms with Gasteiger partial charge in [-0.15, -0.1) is 0 Å². The lowest BCUT2D eigenvalue weighted by Crippen LogP contribution is -2.33. The first kappa shape index (κ1) is 11.9. The molecule has 0 aromatic carbocycles. The van der Waals surface area contributed by atoms with Crippen LogP contribution in [0, 0.1) is 0 Å². The monoisotopic (exact) mass is 210 g/mol. The minimum absolute atomic E-state index is 0.303. The fourth-order valence-electron chi connectivity index (χ4n) is 1.37. The number of rotatable bonds is 5. The van der Waals surface area contributed by atoms with Crippen molar-refractivity contribution in [2.24, 2.45) is 0 Å². The number of hydrogen-bond donors (Lipinski definition) is 2. The van der Waals surface area contributed by atoms with Crippen LogP contribution in [0.2, 0.25) is 0 Å². The molecule has 0 amide bonds. The van der Waals surface area contributed by atoms with Crippen LogP contribution in [0.15, 0.2) is 18.5 Å². The Morgan fingerprint density at radius 3 is 2.93 bits per heavy atom. The molecule has 4 nitrogen and oxygen atoms in total. The van der Waals surface area contributed by atoms with E-state index in [2.05, 4.69) is 4.98 Å². The third kappa shape index (κ3) is 3.85. The molecule has 0 spiro atoms. The molecule has 0 fully saturated rings. The second kappa shape index (κ2) is 5.09. The third-order valence-electron chi connectivity index (χ3n) is 2.13. The summed E-state index contributed by atoms with van der Waals surface area (Å²) in [4.78, 5) is 3.98. The normalized spacial score (nSPS) is 14.9. The Balaban J connectivity index is 2.64. The van der Waals surface area contributed by atoms with Crippen molar-refractivity contribution >= 4 is 5.69 Å². The summed E-state index contributed by atoms with van der Waals surface area (Å²) in [6.45, 7) is 4.53. The molecule has 0 radical (unpaired) electrons. The van der Waals surface area contributed by atoms with Crippen LogP contribution in [-0.2, 0) is 11.2 Å². The zero-order valence-electron chi connectivity index (χ0n) is 9.23. The van der Waals surface area contributed by atoms with Gasteiger partial charge < -0.3 is 15.6 Å². The van der Waals surface area contributed by atoms with Crippen molar-refractivity contribution in [3.05, 3.63) is 24.0 Å². The fourth-order valence-corrected chi connectivity index (χ4v) is 1.37. The Bertz CT molecular complexity index is 313. The molecule has 0 aliphatic rings. The standard InChI is InChI=1S/C11H18N2O2/c1-3-15-8-11(2,14)6-9-7-13-5-4-10(9)12/h4-5,7,14H,3,6,8H2,1-2H3,(H2,12,13). The number of pyridine rings is 1. The maximum absolute atomic E-state index is 10.0. The summed E-state index contributed by atoms with van der Waals surface area (Å²) >= 11 is 0. The van der Waals surface area contributed by atoms with Crippen LogP contribution in [0.25, 0.3) is 0 Å². The molecule has 1 heterocycles. The second-order valence-corrected chi connectivity index (χ2v) is 3.89. The molecule has 0 bridgehead atoms. The van der Waals surface area contributed by atoms with Gasteiger partial charge in [0.1, 0.15) is 0 Å². The molecule has 4 heteroatoms. The number of nitrogens with zero attached hydrogens (tertiary/aromatic N) is 1. The molecule has 3 N–H and O–H groups in total. The molecule has 0 aliphatic carbocycles. The number of aromatic nitrogens is 1. The third-order valence-corrected chi connectivity index (χ3v) is 2.13. The minimum Gasteiger partial charge on any atom is -0.398 e. The van der Waals surface area contributed by atoms with E-state index in [0.717, 1.165) is 5.56 Å². The minimum atomic E-state index is -0.896. The maximum Gasteiger partial charge on any atom is 0.0893 e. The number of aliphatic hydroxyl groups is 1. The van der Waals surface area contributed by atoms with Crippen LogP contribution >= 0.6 is 0 Å². The van der Waals surface area contributed by atoms with Gasteiger partial charge in [0.2, 0.25) is 0 Å². The number of nitrogen functional groups attached to an aromatic ring is 1. The van der Waals surface area contributed by atoms with Gasteiger partial charge in [0.05, 0.1) is 12.2 Å². The fraction of sp³-hybridized carbons (Fsp3) is 0.545. The largest absolute Gasteiger partial charge is 0.398 e. The van der Waals surface area contributed by atoms with Crippen molar-refractivity contribution in [2.75, 3.05) is 18.9 Å². The molecule has 0 saturated carbocycles. The number of nitrogens with two attached hydrogens (primary N) is 1. The molecule has 0 aliphatic heterocycles. The number of ether oxygens (including phenoxy) is 1. The molecule has 15 heavy (non-hydrogen) atoms. The summed E-state index contributed by atoms with van der Waals surface area (Å²) in [6.07, 6.45) is 3.76. The Hall–Kier alpha value is -1.13. The molecule has 1 atom stereocenters. The summed E-state index contributed by atoms with van der Waals surface area (Å²) < 4.78 is 5.20. The van der Waals surface area contributed by atoms with E-state index < -0.39 is 5.60 Å². The van der Waals surface area contributed by atoms with Crippen LogP contribution in [0.3, 0.4) is 0 Å². The molecule has 0 saturated heterocycles. The van der Waals surface area contributed by atoms with Crippen LogP contribution in [0.1, 0.15) is 19.4 Å². The van der Waals surface area contributed by atoms with Gasteiger partial charge in [-0.3, -0.25) is 4.98 Å². The van der Waals surface area contributed by atoms with Gasteiger partial charge in [-0.1, -0.05) is 0 Å².